The Morgan fingerprint density at radius 3 is 2.31 bits per heavy atom. The lowest BCUT2D eigenvalue weighted by molar-refractivity contribution is -0.141. The van der Waals surface area contributed by atoms with Crippen molar-refractivity contribution in [1.82, 2.24) is 4.90 Å². The minimum Gasteiger partial charge on any atom is -0.340 e. The zero-order valence-electron chi connectivity index (χ0n) is 14.1. The van der Waals surface area contributed by atoms with E-state index in [1.165, 1.54) is 4.90 Å². The van der Waals surface area contributed by atoms with Crippen LogP contribution in [0.3, 0.4) is 0 Å². The molecule has 2 amide bonds. The molecule has 0 saturated heterocycles. The summed E-state index contributed by atoms with van der Waals surface area (Å²) in [6, 6.07) is 10.9. The minimum absolute atomic E-state index is 0.322. The molecule has 0 atom stereocenters. The molecule has 0 aromatic heterocycles. The summed E-state index contributed by atoms with van der Waals surface area (Å²) in [6.45, 7) is 0.328. The lowest BCUT2D eigenvalue weighted by Crippen LogP contribution is -2.40. The maximum Gasteiger partial charge on any atom is 0.240 e. The molecule has 1 saturated carbocycles. The molecule has 1 aliphatic carbocycles. The van der Waals surface area contributed by atoms with Crippen molar-refractivity contribution in [2.45, 2.75) is 19.4 Å². The molecule has 1 N–H and O–H groups in total. The number of amides is 2. The van der Waals surface area contributed by atoms with E-state index in [1.807, 2.05) is 30.3 Å². The lowest BCUT2D eigenvalue weighted by atomic mass is 10.0. The summed E-state index contributed by atoms with van der Waals surface area (Å²) in [4.78, 5) is 26.6. The van der Waals surface area contributed by atoms with Gasteiger partial charge in [-0.15, -0.1) is 0 Å². The second kappa shape index (κ2) is 6.82. The summed E-state index contributed by atoms with van der Waals surface area (Å²) in [5.41, 5.74) is -0.870. The van der Waals surface area contributed by atoms with Gasteiger partial charge in [0.05, 0.1) is 5.69 Å². The minimum atomic E-state index is -1.67. The molecule has 0 aliphatic heterocycles. The van der Waals surface area contributed by atoms with Gasteiger partial charge in [0.15, 0.2) is 17.5 Å². The van der Waals surface area contributed by atoms with Crippen LogP contribution in [0.4, 0.5) is 18.9 Å². The van der Waals surface area contributed by atoms with Crippen LogP contribution in [-0.2, 0) is 16.1 Å². The number of hydrogen-bond acceptors (Lipinski definition) is 2. The largest absolute Gasteiger partial charge is 0.340 e. The fourth-order valence-electron chi connectivity index (χ4n) is 2.82. The molecule has 2 aromatic rings. The molecular weight excluding hydrogens is 345 g/mol. The fraction of sp³-hybridized carbons (Fsp3) is 0.263. The summed E-state index contributed by atoms with van der Waals surface area (Å²) in [5, 5.41) is 2.21. The second-order valence-electron chi connectivity index (χ2n) is 6.41. The van der Waals surface area contributed by atoms with Crippen molar-refractivity contribution in [3.05, 3.63) is 65.5 Å². The van der Waals surface area contributed by atoms with Crippen molar-refractivity contribution in [3.8, 4) is 0 Å². The number of rotatable bonds is 5. The van der Waals surface area contributed by atoms with Crippen LogP contribution >= 0.6 is 0 Å². The molecular formula is C19H17F3N2O2. The maximum absolute atomic E-state index is 13.8. The first kappa shape index (κ1) is 18.0. The number of nitrogens with one attached hydrogen (secondary N) is 1. The van der Waals surface area contributed by atoms with Crippen molar-refractivity contribution in [1.29, 1.82) is 0 Å². The van der Waals surface area contributed by atoms with Crippen LogP contribution in [0.2, 0.25) is 0 Å². The third-order valence-electron chi connectivity index (χ3n) is 4.49. The summed E-state index contributed by atoms with van der Waals surface area (Å²) in [6.07, 6.45) is 0.643. The first-order valence-electron chi connectivity index (χ1n) is 8.09. The highest BCUT2D eigenvalue weighted by Crippen LogP contribution is 2.48. The Balaban J connectivity index is 1.72. The third kappa shape index (κ3) is 3.29. The quantitative estimate of drug-likeness (QED) is 0.654. The van der Waals surface area contributed by atoms with E-state index in [4.69, 9.17) is 0 Å². The third-order valence-corrected chi connectivity index (χ3v) is 4.49. The molecule has 7 heteroatoms. The molecule has 1 fully saturated rings. The monoisotopic (exact) mass is 362 g/mol. The first-order valence-corrected chi connectivity index (χ1v) is 8.09. The number of anilines is 1. The van der Waals surface area contributed by atoms with E-state index in [1.54, 1.807) is 7.05 Å². The van der Waals surface area contributed by atoms with Crippen molar-refractivity contribution < 1.29 is 22.8 Å². The van der Waals surface area contributed by atoms with Gasteiger partial charge in [-0.3, -0.25) is 9.59 Å². The molecule has 136 valence electrons. The molecule has 0 radical (unpaired) electrons. The van der Waals surface area contributed by atoms with Gasteiger partial charge in [0.1, 0.15) is 5.41 Å². The van der Waals surface area contributed by atoms with Crippen molar-refractivity contribution in [2.75, 3.05) is 12.4 Å². The number of benzene rings is 2. The number of nitrogens with zero attached hydrogens (tertiary/aromatic N) is 1. The van der Waals surface area contributed by atoms with Crippen molar-refractivity contribution in [2.24, 2.45) is 5.41 Å². The van der Waals surface area contributed by atoms with Gasteiger partial charge in [0.2, 0.25) is 11.8 Å². The predicted molar refractivity (Wildman–Crippen MR) is 89.5 cm³/mol. The van der Waals surface area contributed by atoms with Crippen LogP contribution in [0.25, 0.3) is 0 Å². The smallest absolute Gasteiger partial charge is 0.240 e. The van der Waals surface area contributed by atoms with E-state index in [-0.39, 0.29) is 5.91 Å². The van der Waals surface area contributed by atoms with Gasteiger partial charge in [0, 0.05) is 13.6 Å². The molecule has 0 unspecified atom stereocenters. The Morgan fingerprint density at radius 2 is 1.69 bits per heavy atom. The topological polar surface area (TPSA) is 49.4 Å². The van der Waals surface area contributed by atoms with Gasteiger partial charge >= 0.3 is 0 Å². The van der Waals surface area contributed by atoms with Crippen molar-refractivity contribution in [3.63, 3.8) is 0 Å². The summed E-state index contributed by atoms with van der Waals surface area (Å²) in [7, 11) is 1.58. The molecule has 1 aliphatic rings. The van der Waals surface area contributed by atoms with Crippen LogP contribution in [0, 0.1) is 22.9 Å². The Kier molecular flexibility index (Phi) is 4.71. The van der Waals surface area contributed by atoms with Gasteiger partial charge in [-0.25, -0.2) is 13.2 Å². The van der Waals surface area contributed by atoms with Crippen LogP contribution in [0.15, 0.2) is 42.5 Å². The van der Waals surface area contributed by atoms with E-state index in [0.29, 0.717) is 19.4 Å². The highest BCUT2D eigenvalue weighted by molar-refractivity contribution is 6.13. The van der Waals surface area contributed by atoms with Gasteiger partial charge in [0.25, 0.3) is 0 Å². The average molecular weight is 362 g/mol. The Morgan fingerprint density at radius 1 is 1.04 bits per heavy atom. The summed E-state index contributed by atoms with van der Waals surface area (Å²) in [5.74, 6) is -5.60. The average Bonchev–Trinajstić information content (AvgIpc) is 3.44. The van der Waals surface area contributed by atoms with Gasteiger partial charge < -0.3 is 10.2 Å². The maximum atomic E-state index is 13.8. The molecule has 0 bridgehead atoms. The Labute approximate surface area is 148 Å². The highest BCUT2D eigenvalue weighted by Gasteiger charge is 2.57. The SMILES string of the molecule is CN(Cc1ccccc1)C(=O)C1(C(=O)Nc2ccc(F)c(F)c2F)CC1. The van der Waals surface area contributed by atoms with Gasteiger partial charge in [-0.05, 0) is 30.5 Å². The fourth-order valence-corrected chi connectivity index (χ4v) is 2.82. The summed E-state index contributed by atoms with van der Waals surface area (Å²) >= 11 is 0. The molecule has 2 aromatic carbocycles. The Hall–Kier alpha value is -2.83. The molecule has 4 nitrogen and oxygen atoms in total. The van der Waals surface area contributed by atoms with Gasteiger partial charge in [-0.2, -0.15) is 0 Å². The summed E-state index contributed by atoms with van der Waals surface area (Å²) < 4.78 is 40.1. The molecule has 0 heterocycles. The molecule has 0 spiro atoms. The van der Waals surface area contributed by atoms with E-state index in [2.05, 4.69) is 5.32 Å². The van der Waals surface area contributed by atoms with Crippen LogP contribution in [-0.4, -0.2) is 23.8 Å². The lowest BCUT2D eigenvalue weighted by Gasteiger charge is -2.23. The van der Waals surface area contributed by atoms with Crippen LogP contribution in [0.5, 0.6) is 0 Å². The molecule has 26 heavy (non-hydrogen) atoms. The normalized spacial score (nSPS) is 14.6. The highest BCUT2D eigenvalue weighted by atomic mass is 19.2. The van der Waals surface area contributed by atoms with E-state index < -0.39 is 34.5 Å². The van der Waals surface area contributed by atoms with Gasteiger partial charge in [-0.1, -0.05) is 30.3 Å². The number of carbonyl (C=O) groups excluding carboxylic acids is 2. The standard InChI is InChI=1S/C19H17F3N2O2/c1-24(11-12-5-3-2-4-6-12)18(26)19(9-10-19)17(25)23-14-8-7-13(20)15(21)16(14)22/h2-8H,9-11H2,1H3,(H,23,25). The number of hydrogen-bond donors (Lipinski definition) is 1. The Bertz CT molecular complexity index is 851. The zero-order valence-corrected chi connectivity index (χ0v) is 14.1. The first-order chi connectivity index (χ1) is 12.3. The van der Waals surface area contributed by atoms with Crippen molar-refractivity contribution >= 4 is 17.5 Å². The van der Waals surface area contributed by atoms with Crippen LogP contribution < -0.4 is 5.32 Å². The number of halogens is 3. The number of carbonyl (C=O) groups is 2. The predicted octanol–water partition coefficient (Wildman–Crippen LogP) is 3.48. The van der Waals surface area contributed by atoms with E-state index >= 15 is 0 Å². The molecule has 3 rings (SSSR count). The van der Waals surface area contributed by atoms with Crippen LogP contribution in [0.1, 0.15) is 18.4 Å². The van der Waals surface area contributed by atoms with E-state index in [9.17, 15) is 22.8 Å². The van der Waals surface area contributed by atoms with E-state index in [0.717, 1.165) is 17.7 Å². The zero-order chi connectivity index (χ0) is 18.9. The second-order valence-corrected chi connectivity index (χ2v) is 6.41.